The molecule has 0 aliphatic heterocycles. The van der Waals surface area contributed by atoms with Crippen molar-refractivity contribution in [3.8, 4) is 23.6 Å². The van der Waals surface area contributed by atoms with Gasteiger partial charge in [-0.3, -0.25) is 0 Å². The number of rotatable bonds is 5. The molecule has 0 spiro atoms. The van der Waals surface area contributed by atoms with Crippen LogP contribution in [0.5, 0.6) is 5.75 Å². The molecule has 0 saturated heterocycles. The molecule has 1 aromatic heterocycles. The van der Waals surface area contributed by atoms with Crippen molar-refractivity contribution in [1.82, 2.24) is 15.0 Å². The van der Waals surface area contributed by atoms with Crippen LogP contribution in [0.2, 0.25) is 0 Å². The van der Waals surface area contributed by atoms with Crippen LogP contribution >= 0.6 is 0 Å². The summed E-state index contributed by atoms with van der Waals surface area (Å²) in [6, 6.07) is 15.8. The Labute approximate surface area is 148 Å². The Hall–Kier alpha value is -4.17. The average Bonchev–Trinajstić information content (AvgIpc) is 3.17. The van der Waals surface area contributed by atoms with Crippen molar-refractivity contribution < 1.29 is 14.6 Å². The van der Waals surface area contributed by atoms with Crippen LogP contribution in [0.3, 0.4) is 0 Å². The second-order valence-corrected chi connectivity index (χ2v) is 5.24. The molecule has 2 aromatic carbocycles. The van der Waals surface area contributed by atoms with Crippen molar-refractivity contribution in [2.24, 2.45) is 0 Å². The van der Waals surface area contributed by atoms with Gasteiger partial charge >= 0.3 is 5.97 Å². The topological polar surface area (TPSA) is 125 Å². The smallest absolute Gasteiger partial charge is 0.358 e. The Bertz CT molecular complexity index is 1040. The molecule has 0 fully saturated rings. The van der Waals surface area contributed by atoms with Crippen LogP contribution in [0, 0.1) is 22.7 Å². The van der Waals surface area contributed by atoms with Gasteiger partial charge in [0.1, 0.15) is 18.4 Å². The first kappa shape index (κ1) is 16.7. The number of aromatic carboxylic acids is 1. The summed E-state index contributed by atoms with van der Waals surface area (Å²) >= 11 is 0. The first-order valence-corrected chi connectivity index (χ1v) is 7.42. The van der Waals surface area contributed by atoms with Crippen LogP contribution in [0.15, 0.2) is 48.7 Å². The van der Waals surface area contributed by atoms with E-state index in [1.807, 2.05) is 12.1 Å². The summed E-state index contributed by atoms with van der Waals surface area (Å²) in [4.78, 5) is 10.9. The summed E-state index contributed by atoms with van der Waals surface area (Å²) in [5, 5.41) is 34.3. The first-order valence-electron chi connectivity index (χ1n) is 7.42. The monoisotopic (exact) mass is 345 g/mol. The number of nitrogens with zero attached hydrogens (tertiary/aromatic N) is 5. The lowest BCUT2D eigenvalue weighted by molar-refractivity contribution is 0.0690. The molecule has 26 heavy (non-hydrogen) atoms. The van der Waals surface area contributed by atoms with Gasteiger partial charge in [-0.15, -0.1) is 5.10 Å². The van der Waals surface area contributed by atoms with Crippen LogP contribution in [0.25, 0.3) is 5.69 Å². The fraction of sp³-hybridized carbons (Fsp3) is 0.0556. The van der Waals surface area contributed by atoms with Crippen molar-refractivity contribution in [2.45, 2.75) is 6.61 Å². The molecule has 126 valence electrons. The summed E-state index contributed by atoms with van der Waals surface area (Å²) in [6.07, 6.45) is 1.26. The van der Waals surface area contributed by atoms with Gasteiger partial charge in [-0.25, -0.2) is 9.48 Å². The molecule has 1 N–H and O–H groups in total. The maximum absolute atomic E-state index is 10.9. The number of benzene rings is 2. The molecule has 8 nitrogen and oxygen atoms in total. The molecule has 3 aromatic rings. The van der Waals surface area contributed by atoms with E-state index >= 15 is 0 Å². The molecule has 0 saturated carbocycles. The molecule has 0 aliphatic carbocycles. The van der Waals surface area contributed by atoms with Crippen molar-refractivity contribution in [2.75, 3.05) is 0 Å². The lowest BCUT2D eigenvalue weighted by atomic mass is 10.1. The molecule has 0 bridgehead atoms. The van der Waals surface area contributed by atoms with E-state index in [-0.39, 0.29) is 17.9 Å². The number of nitriles is 2. The summed E-state index contributed by atoms with van der Waals surface area (Å²) < 4.78 is 6.95. The third kappa shape index (κ3) is 3.50. The lowest BCUT2D eigenvalue weighted by Crippen LogP contribution is -2.00. The summed E-state index contributed by atoms with van der Waals surface area (Å²) in [6.45, 7) is 0.242. The standard InChI is InChI=1S/C18H11N5O3/c19-8-12-1-3-13(4-2-12)11-26-17-6-5-15(7-14(17)9-20)23-10-16(18(24)25)21-22-23/h1-7,10H,11H2,(H,24,25). The third-order valence-electron chi connectivity index (χ3n) is 3.54. The highest BCUT2D eigenvalue weighted by atomic mass is 16.5. The Morgan fingerprint density at radius 2 is 1.92 bits per heavy atom. The zero-order chi connectivity index (χ0) is 18.5. The van der Waals surface area contributed by atoms with Gasteiger partial charge in [0, 0.05) is 0 Å². The Kier molecular flexibility index (Phi) is 4.59. The van der Waals surface area contributed by atoms with Crippen LogP contribution in [0.4, 0.5) is 0 Å². The second-order valence-electron chi connectivity index (χ2n) is 5.24. The van der Waals surface area contributed by atoms with Crippen LogP contribution in [0.1, 0.15) is 27.2 Å². The minimum absolute atomic E-state index is 0.190. The average molecular weight is 345 g/mol. The zero-order valence-electron chi connectivity index (χ0n) is 13.3. The molecule has 3 rings (SSSR count). The number of aromatic nitrogens is 3. The van der Waals surface area contributed by atoms with Crippen LogP contribution in [-0.4, -0.2) is 26.1 Å². The van der Waals surface area contributed by atoms with Gasteiger partial charge in [-0.1, -0.05) is 17.3 Å². The molecule has 1 heterocycles. The number of carboxylic acid groups (broad SMARTS) is 1. The third-order valence-corrected chi connectivity index (χ3v) is 3.54. The maximum atomic E-state index is 10.9. The Balaban J connectivity index is 1.79. The maximum Gasteiger partial charge on any atom is 0.358 e. The van der Waals surface area contributed by atoms with Gasteiger partial charge in [0.2, 0.25) is 0 Å². The van der Waals surface area contributed by atoms with Crippen molar-refractivity contribution in [3.63, 3.8) is 0 Å². The van der Waals surface area contributed by atoms with Crippen molar-refractivity contribution in [1.29, 1.82) is 10.5 Å². The molecule has 8 heteroatoms. The SMILES string of the molecule is N#Cc1ccc(COc2ccc(-n3cc(C(=O)O)nn3)cc2C#N)cc1. The predicted molar refractivity (Wildman–Crippen MR) is 88.5 cm³/mol. The molecular weight excluding hydrogens is 334 g/mol. The zero-order valence-corrected chi connectivity index (χ0v) is 13.3. The molecule has 0 radical (unpaired) electrons. The van der Waals surface area contributed by atoms with Gasteiger partial charge in [-0.05, 0) is 35.9 Å². The second kappa shape index (κ2) is 7.16. The number of ether oxygens (including phenoxy) is 1. The van der Waals surface area contributed by atoms with E-state index in [0.717, 1.165) is 5.56 Å². The van der Waals surface area contributed by atoms with E-state index < -0.39 is 5.97 Å². The predicted octanol–water partition coefficient (Wildman–Crippen LogP) is 2.29. The van der Waals surface area contributed by atoms with Gasteiger partial charge in [0.25, 0.3) is 0 Å². The van der Waals surface area contributed by atoms with Crippen molar-refractivity contribution in [3.05, 3.63) is 71.0 Å². The van der Waals surface area contributed by atoms with Crippen LogP contribution < -0.4 is 4.74 Å². The molecular formula is C18H11N5O3. The Morgan fingerprint density at radius 1 is 1.15 bits per heavy atom. The van der Waals surface area contributed by atoms with Crippen molar-refractivity contribution >= 4 is 5.97 Å². The van der Waals surface area contributed by atoms with E-state index in [1.165, 1.54) is 16.9 Å². The lowest BCUT2D eigenvalue weighted by Gasteiger charge is -2.09. The number of hydrogen-bond donors (Lipinski definition) is 1. The van der Waals surface area contributed by atoms with Gasteiger partial charge in [0.05, 0.1) is 29.1 Å². The molecule has 0 amide bonds. The summed E-state index contributed by atoms with van der Waals surface area (Å²) in [5.74, 6) is -0.793. The number of carbonyl (C=O) groups is 1. The van der Waals surface area contributed by atoms with E-state index in [0.29, 0.717) is 17.0 Å². The fourth-order valence-corrected chi connectivity index (χ4v) is 2.20. The van der Waals surface area contributed by atoms with E-state index in [2.05, 4.69) is 10.3 Å². The molecule has 0 aliphatic rings. The minimum Gasteiger partial charge on any atom is -0.488 e. The van der Waals surface area contributed by atoms with E-state index in [4.69, 9.17) is 15.1 Å². The molecule has 0 atom stereocenters. The minimum atomic E-state index is -1.18. The number of carboxylic acids is 1. The highest BCUT2D eigenvalue weighted by molar-refractivity contribution is 5.84. The Morgan fingerprint density at radius 3 is 2.54 bits per heavy atom. The van der Waals surface area contributed by atoms with E-state index in [9.17, 15) is 10.1 Å². The largest absolute Gasteiger partial charge is 0.488 e. The van der Waals surface area contributed by atoms with Gasteiger partial charge in [-0.2, -0.15) is 10.5 Å². The van der Waals surface area contributed by atoms with Gasteiger partial charge in [0.15, 0.2) is 5.69 Å². The first-order chi connectivity index (χ1) is 12.6. The normalized spacial score (nSPS) is 9.92. The molecule has 0 unspecified atom stereocenters. The van der Waals surface area contributed by atoms with Crippen LogP contribution in [-0.2, 0) is 6.61 Å². The highest BCUT2D eigenvalue weighted by Crippen LogP contribution is 2.22. The quantitative estimate of drug-likeness (QED) is 0.752. The van der Waals surface area contributed by atoms with Gasteiger partial charge < -0.3 is 9.84 Å². The number of hydrogen-bond acceptors (Lipinski definition) is 6. The summed E-state index contributed by atoms with van der Waals surface area (Å²) in [7, 11) is 0. The fourth-order valence-electron chi connectivity index (χ4n) is 2.20. The summed E-state index contributed by atoms with van der Waals surface area (Å²) in [5.41, 5.74) is 2.00. The highest BCUT2D eigenvalue weighted by Gasteiger charge is 2.11. The van der Waals surface area contributed by atoms with E-state index in [1.54, 1.807) is 36.4 Å².